The minimum absolute atomic E-state index is 0.0707. The summed E-state index contributed by atoms with van der Waals surface area (Å²) in [5, 5.41) is 1.86. The van der Waals surface area contributed by atoms with E-state index in [1.54, 1.807) is 0 Å². The van der Waals surface area contributed by atoms with E-state index in [0.29, 0.717) is 22.2 Å². The highest BCUT2D eigenvalue weighted by Gasteiger charge is 2.35. The number of aromatic nitrogens is 2. The molecule has 3 heterocycles. The summed E-state index contributed by atoms with van der Waals surface area (Å²) < 4.78 is 2.10. The summed E-state index contributed by atoms with van der Waals surface area (Å²) in [4.78, 5) is 31.6. The topological polar surface area (TPSA) is 55.2 Å². The Hall–Kier alpha value is -1.69. The summed E-state index contributed by atoms with van der Waals surface area (Å²) in [5.74, 6) is 0.734. The van der Waals surface area contributed by atoms with E-state index < -0.39 is 0 Å². The lowest BCUT2D eigenvalue weighted by Gasteiger charge is -2.44. The molecule has 0 spiro atoms. The molecule has 0 aromatic carbocycles. The summed E-state index contributed by atoms with van der Waals surface area (Å²) in [5.41, 5.74) is 0.615. The second-order valence-electron chi connectivity index (χ2n) is 6.65. The Morgan fingerprint density at radius 3 is 3.00 bits per heavy atom. The molecule has 122 valence electrons. The molecule has 1 aliphatic carbocycles. The van der Waals surface area contributed by atoms with Crippen molar-refractivity contribution in [2.75, 3.05) is 6.54 Å². The smallest absolute Gasteiger partial charge is 0.271 e. The van der Waals surface area contributed by atoms with Gasteiger partial charge >= 0.3 is 0 Å². The van der Waals surface area contributed by atoms with Crippen LogP contribution < -0.4 is 5.56 Å². The lowest BCUT2D eigenvalue weighted by atomic mass is 9.78. The molecule has 23 heavy (non-hydrogen) atoms. The lowest BCUT2D eigenvalue weighted by Crippen LogP contribution is -2.51. The van der Waals surface area contributed by atoms with Gasteiger partial charge in [-0.2, -0.15) is 0 Å². The van der Waals surface area contributed by atoms with E-state index >= 15 is 0 Å². The first-order chi connectivity index (χ1) is 11.2. The van der Waals surface area contributed by atoms with Crippen molar-refractivity contribution < 1.29 is 4.79 Å². The predicted octanol–water partition coefficient (Wildman–Crippen LogP) is 2.64. The zero-order valence-electron chi connectivity index (χ0n) is 13.1. The van der Waals surface area contributed by atoms with E-state index in [2.05, 4.69) is 4.98 Å². The number of amides is 1. The zero-order chi connectivity index (χ0) is 15.8. The van der Waals surface area contributed by atoms with Crippen molar-refractivity contribution in [2.45, 2.75) is 51.1 Å². The van der Waals surface area contributed by atoms with Crippen molar-refractivity contribution in [3.05, 3.63) is 28.1 Å². The Labute approximate surface area is 138 Å². The van der Waals surface area contributed by atoms with Gasteiger partial charge in [-0.25, -0.2) is 4.98 Å². The minimum atomic E-state index is -0.101. The van der Waals surface area contributed by atoms with Gasteiger partial charge in [-0.1, -0.05) is 12.8 Å². The number of carbonyl (C=O) groups excluding carboxylic acids is 1. The average Bonchev–Trinajstić information content (AvgIpc) is 3.06. The third-order valence-electron chi connectivity index (χ3n) is 5.30. The number of fused-ring (bicyclic) bond motifs is 2. The van der Waals surface area contributed by atoms with Crippen LogP contribution in [0.15, 0.2) is 22.6 Å². The number of piperidine rings is 1. The molecule has 2 atom stereocenters. The van der Waals surface area contributed by atoms with Crippen LogP contribution in [0.5, 0.6) is 0 Å². The van der Waals surface area contributed by atoms with Crippen LogP contribution in [0.3, 0.4) is 0 Å². The normalized spacial score (nSPS) is 24.6. The monoisotopic (exact) mass is 331 g/mol. The molecule has 2 aliphatic rings. The molecule has 1 saturated carbocycles. The number of rotatable bonds is 2. The van der Waals surface area contributed by atoms with Crippen molar-refractivity contribution in [1.29, 1.82) is 0 Å². The number of thiophene rings is 1. The lowest BCUT2D eigenvalue weighted by molar-refractivity contribution is -0.138. The highest BCUT2D eigenvalue weighted by atomic mass is 32.1. The largest absolute Gasteiger partial charge is 0.338 e. The first kappa shape index (κ1) is 14.9. The Bertz CT molecular complexity index is 779. The Balaban J connectivity index is 1.56. The molecule has 2 fully saturated rings. The second-order valence-corrected chi connectivity index (χ2v) is 7.57. The van der Waals surface area contributed by atoms with E-state index in [1.165, 1.54) is 47.9 Å². The Morgan fingerprint density at radius 1 is 1.26 bits per heavy atom. The highest BCUT2D eigenvalue weighted by Crippen LogP contribution is 2.35. The van der Waals surface area contributed by atoms with Crippen LogP contribution in [0, 0.1) is 5.92 Å². The number of carbonyl (C=O) groups is 1. The Kier molecular flexibility index (Phi) is 3.93. The van der Waals surface area contributed by atoms with Crippen LogP contribution in [0.4, 0.5) is 0 Å². The fourth-order valence-electron chi connectivity index (χ4n) is 4.16. The molecule has 4 rings (SSSR count). The quantitative estimate of drug-likeness (QED) is 0.850. The standard InChI is InChI=1S/C17H21N3O2S/c21-15(20-8-3-5-12-4-1-2-6-14(12)20)10-19-11-18-13-7-9-23-16(13)17(19)22/h7,9,11-12,14H,1-6,8,10H2/t12-,14-/m1/s1. The molecule has 5 nitrogen and oxygen atoms in total. The van der Waals surface area contributed by atoms with Crippen LogP contribution in [0.2, 0.25) is 0 Å². The van der Waals surface area contributed by atoms with Crippen molar-refractivity contribution in [3.8, 4) is 0 Å². The minimum Gasteiger partial charge on any atom is -0.338 e. The summed E-state index contributed by atoms with van der Waals surface area (Å²) >= 11 is 1.39. The molecule has 2 aromatic rings. The van der Waals surface area contributed by atoms with E-state index in [0.717, 1.165) is 19.4 Å². The van der Waals surface area contributed by atoms with E-state index in [-0.39, 0.29) is 18.0 Å². The van der Waals surface area contributed by atoms with Gasteiger partial charge < -0.3 is 4.90 Å². The number of nitrogens with zero attached hydrogens (tertiary/aromatic N) is 3. The molecule has 0 bridgehead atoms. The molecule has 1 amide bonds. The van der Waals surface area contributed by atoms with Gasteiger partial charge in [0.2, 0.25) is 5.91 Å². The van der Waals surface area contributed by atoms with Crippen molar-refractivity contribution in [2.24, 2.45) is 5.92 Å². The molecule has 0 N–H and O–H groups in total. The fraction of sp³-hybridized carbons (Fsp3) is 0.588. The van der Waals surface area contributed by atoms with Crippen molar-refractivity contribution >= 4 is 27.5 Å². The first-order valence-corrected chi connectivity index (χ1v) is 9.34. The number of likely N-dealkylation sites (tertiary alicyclic amines) is 1. The number of hydrogen-bond acceptors (Lipinski definition) is 4. The van der Waals surface area contributed by atoms with E-state index in [4.69, 9.17) is 0 Å². The maximum Gasteiger partial charge on any atom is 0.271 e. The van der Waals surface area contributed by atoms with Gasteiger partial charge in [-0.3, -0.25) is 14.2 Å². The highest BCUT2D eigenvalue weighted by molar-refractivity contribution is 7.17. The van der Waals surface area contributed by atoms with E-state index in [9.17, 15) is 9.59 Å². The number of hydrogen-bond donors (Lipinski definition) is 0. The van der Waals surface area contributed by atoms with Crippen LogP contribution >= 0.6 is 11.3 Å². The summed E-state index contributed by atoms with van der Waals surface area (Å²) in [7, 11) is 0. The van der Waals surface area contributed by atoms with Crippen LogP contribution in [-0.2, 0) is 11.3 Å². The van der Waals surface area contributed by atoms with Gasteiger partial charge in [-0.15, -0.1) is 11.3 Å². The molecule has 1 aliphatic heterocycles. The summed E-state index contributed by atoms with van der Waals surface area (Å²) in [6.45, 7) is 0.951. The predicted molar refractivity (Wildman–Crippen MR) is 90.6 cm³/mol. The maximum absolute atomic E-state index is 12.8. The van der Waals surface area contributed by atoms with Gasteiger partial charge in [-0.05, 0) is 43.0 Å². The van der Waals surface area contributed by atoms with Gasteiger partial charge in [0.25, 0.3) is 5.56 Å². The maximum atomic E-state index is 12.8. The third kappa shape index (κ3) is 2.69. The first-order valence-electron chi connectivity index (χ1n) is 8.46. The van der Waals surface area contributed by atoms with Crippen molar-refractivity contribution in [3.63, 3.8) is 0 Å². The molecule has 1 saturated heterocycles. The summed E-state index contributed by atoms with van der Waals surface area (Å²) in [6.07, 6.45) is 8.72. The van der Waals surface area contributed by atoms with Gasteiger partial charge in [0.1, 0.15) is 11.2 Å². The summed E-state index contributed by atoms with van der Waals surface area (Å²) in [6, 6.07) is 2.23. The molecular weight excluding hydrogens is 310 g/mol. The SMILES string of the molecule is O=C(Cn1cnc2ccsc2c1=O)N1CCC[C@H]2CCCC[C@H]21. The molecule has 2 aromatic heterocycles. The van der Waals surface area contributed by atoms with Crippen LogP contribution in [-0.4, -0.2) is 32.9 Å². The second kappa shape index (κ2) is 6.07. The molecule has 6 heteroatoms. The molecule has 0 unspecified atom stereocenters. The van der Waals surface area contributed by atoms with Crippen molar-refractivity contribution in [1.82, 2.24) is 14.5 Å². The zero-order valence-corrected chi connectivity index (χ0v) is 13.9. The van der Waals surface area contributed by atoms with Gasteiger partial charge in [0, 0.05) is 12.6 Å². The van der Waals surface area contributed by atoms with Crippen LogP contribution in [0.25, 0.3) is 10.2 Å². The molecular formula is C17H21N3O2S. The third-order valence-corrected chi connectivity index (χ3v) is 6.20. The van der Waals surface area contributed by atoms with E-state index in [1.807, 2.05) is 16.3 Å². The van der Waals surface area contributed by atoms with Gasteiger partial charge in [0.05, 0.1) is 11.8 Å². The Morgan fingerprint density at radius 2 is 2.09 bits per heavy atom. The molecule has 0 radical (unpaired) electrons. The average molecular weight is 331 g/mol. The van der Waals surface area contributed by atoms with Gasteiger partial charge in [0.15, 0.2) is 0 Å². The van der Waals surface area contributed by atoms with Crippen LogP contribution in [0.1, 0.15) is 38.5 Å². The fourth-order valence-corrected chi connectivity index (χ4v) is 4.96.